The zero-order chi connectivity index (χ0) is 14.3. The first-order chi connectivity index (χ1) is 8.93. The lowest BCUT2D eigenvalue weighted by Gasteiger charge is -2.20. The number of nitrogens with zero attached hydrogens (tertiary/aromatic N) is 2. The molecule has 0 aliphatic carbocycles. The maximum absolute atomic E-state index is 11.4. The molecule has 1 aliphatic rings. The van der Waals surface area contributed by atoms with Crippen LogP contribution in [-0.4, -0.2) is 69.7 Å². The monoisotopic (exact) mass is 291 g/mol. The summed E-state index contributed by atoms with van der Waals surface area (Å²) in [5.74, 6) is 0. The van der Waals surface area contributed by atoms with E-state index in [1.165, 1.54) is 36.4 Å². The molecule has 1 aliphatic heterocycles. The molecule has 1 atom stereocenters. The van der Waals surface area contributed by atoms with Gasteiger partial charge < -0.3 is 10.2 Å². The van der Waals surface area contributed by atoms with E-state index in [9.17, 15) is 8.42 Å². The summed E-state index contributed by atoms with van der Waals surface area (Å²) in [6.07, 6.45) is 5.84. The average molecular weight is 291 g/mol. The Hall–Kier alpha value is -0.170. The van der Waals surface area contributed by atoms with E-state index in [4.69, 9.17) is 0 Å². The Morgan fingerprint density at radius 3 is 2.68 bits per heavy atom. The molecule has 114 valence electrons. The van der Waals surface area contributed by atoms with E-state index in [2.05, 4.69) is 17.3 Å². The maximum atomic E-state index is 11.4. The molecule has 0 saturated carbocycles. The van der Waals surface area contributed by atoms with Crippen molar-refractivity contribution in [3.63, 3.8) is 0 Å². The van der Waals surface area contributed by atoms with Gasteiger partial charge in [0.05, 0.1) is 6.26 Å². The van der Waals surface area contributed by atoms with Crippen LogP contribution in [0.3, 0.4) is 0 Å². The van der Waals surface area contributed by atoms with Crippen molar-refractivity contribution in [2.24, 2.45) is 0 Å². The first kappa shape index (κ1) is 16.9. The van der Waals surface area contributed by atoms with Gasteiger partial charge in [0.1, 0.15) is 0 Å². The lowest BCUT2D eigenvalue weighted by Crippen LogP contribution is -2.35. The first-order valence-corrected chi connectivity index (χ1v) is 9.15. The highest BCUT2D eigenvalue weighted by Gasteiger charge is 2.15. The van der Waals surface area contributed by atoms with Crippen molar-refractivity contribution in [2.45, 2.75) is 38.6 Å². The molecule has 0 amide bonds. The van der Waals surface area contributed by atoms with Gasteiger partial charge in [-0.25, -0.2) is 12.7 Å². The van der Waals surface area contributed by atoms with E-state index >= 15 is 0 Å². The second kappa shape index (κ2) is 8.19. The minimum atomic E-state index is -3.03. The number of nitrogens with one attached hydrogen (secondary N) is 1. The summed E-state index contributed by atoms with van der Waals surface area (Å²) in [5, 5.41) is 3.56. The summed E-state index contributed by atoms with van der Waals surface area (Å²) < 4.78 is 24.4. The number of hydrogen-bond acceptors (Lipinski definition) is 4. The standard InChI is InChI=1S/C13H29N3O2S/c1-4-16(19(3,17)18)11-6-9-14-13-7-5-10-15(2)12-8-13/h13-14H,4-12H2,1-3H3. The number of likely N-dealkylation sites (tertiary alicyclic amines) is 1. The highest BCUT2D eigenvalue weighted by molar-refractivity contribution is 7.88. The molecule has 0 aromatic rings. The van der Waals surface area contributed by atoms with Crippen molar-refractivity contribution in [3.05, 3.63) is 0 Å². The van der Waals surface area contributed by atoms with Gasteiger partial charge >= 0.3 is 0 Å². The zero-order valence-corrected chi connectivity index (χ0v) is 13.4. The lowest BCUT2D eigenvalue weighted by atomic mass is 10.1. The van der Waals surface area contributed by atoms with Gasteiger partial charge in [-0.3, -0.25) is 0 Å². The van der Waals surface area contributed by atoms with Gasteiger partial charge in [0.2, 0.25) is 10.0 Å². The molecule has 1 unspecified atom stereocenters. The van der Waals surface area contributed by atoms with Gasteiger partial charge in [-0.05, 0) is 52.4 Å². The van der Waals surface area contributed by atoms with Crippen LogP contribution in [0.4, 0.5) is 0 Å². The van der Waals surface area contributed by atoms with E-state index < -0.39 is 10.0 Å². The molecule has 1 heterocycles. The normalized spacial score (nSPS) is 22.6. The summed E-state index contributed by atoms with van der Waals surface area (Å²) in [6, 6.07) is 0.596. The average Bonchev–Trinajstić information content (AvgIpc) is 2.52. The summed E-state index contributed by atoms with van der Waals surface area (Å²) in [7, 11) is -0.860. The third-order valence-corrected chi connectivity index (χ3v) is 5.17. The fraction of sp³-hybridized carbons (Fsp3) is 1.00. The van der Waals surface area contributed by atoms with Crippen LogP contribution in [0.1, 0.15) is 32.6 Å². The van der Waals surface area contributed by atoms with Gasteiger partial charge in [0.15, 0.2) is 0 Å². The second-order valence-corrected chi connectivity index (χ2v) is 7.48. The topological polar surface area (TPSA) is 52.6 Å². The van der Waals surface area contributed by atoms with Crippen LogP contribution in [0.25, 0.3) is 0 Å². The minimum Gasteiger partial charge on any atom is -0.314 e. The van der Waals surface area contributed by atoms with E-state index in [1.54, 1.807) is 0 Å². The van der Waals surface area contributed by atoms with Crippen LogP contribution in [-0.2, 0) is 10.0 Å². The Bertz CT molecular complexity index is 346. The van der Waals surface area contributed by atoms with Crippen molar-refractivity contribution < 1.29 is 8.42 Å². The molecule has 0 aromatic carbocycles. The first-order valence-electron chi connectivity index (χ1n) is 7.30. The third-order valence-electron chi connectivity index (χ3n) is 3.79. The van der Waals surface area contributed by atoms with E-state index in [1.807, 2.05) is 6.92 Å². The summed E-state index contributed by atoms with van der Waals surface area (Å²) in [4.78, 5) is 2.38. The molecule has 5 nitrogen and oxygen atoms in total. The molecule has 6 heteroatoms. The van der Waals surface area contributed by atoms with Crippen LogP contribution in [0, 0.1) is 0 Å². The Labute approximate surface area is 118 Å². The van der Waals surface area contributed by atoms with Gasteiger partial charge in [0.25, 0.3) is 0 Å². The fourth-order valence-electron chi connectivity index (χ4n) is 2.56. The quantitative estimate of drug-likeness (QED) is 0.703. The Morgan fingerprint density at radius 2 is 2.05 bits per heavy atom. The van der Waals surface area contributed by atoms with Crippen LogP contribution in [0.5, 0.6) is 0 Å². The molecule has 19 heavy (non-hydrogen) atoms. The summed E-state index contributed by atoms with van der Waals surface area (Å²) >= 11 is 0. The Morgan fingerprint density at radius 1 is 1.32 bits per heavy atom. The number of rotatable bonds is 7. The third kappa shape index (κ3) is 6.70. The zero-order valence-electron chi connectivity index (χ0n) is 12.6. The smallest absolute Gasteiger partial charge is 0.211 e. The summed E-state index contributed by atoms with van der Waals surface area (Å²) in [6.45, 7) is 6.32. The Kier molecular flexibility index (Phi) is 7.28. The molecule has 1 saturated heterocycles. The number of sulfonamides is 1. The molecule has 1 fully saturated rings. The van der Waals surface area contributed by atoms with Gasteiger partial charge in [-0.2, -0.15) is 0 Å². The van der Waals surface area contributed by atoms with Crippen molar-refractivity contribution in [2.75, 3.05) is 46.0 Å². The van der Waals surface area contributed by atoms with Crippen LogP contribution >= 0.6 is 0 Å². The largest absolute Gasteiger partial charge is 0.314 e. The second-order valence-electron chi connectivity index (χ2n) is 5.49. The molecule has 1 rings (SSSR count). The van der Waals surface area contributed by atoms with Crippen LogP contribution in [0.2, 0.25) is 0 Å². The van der Waals surface area contributed by atoms with E-state index in [-0.39, 0.29) is 0 Å². The highest BCUT2D eigenvalue weighted by Crippen LogP contribution is 2.09. The van der Waals surface area contributed by atoms with Crippen LogP contribution < -0.4 is 5.32 Å². The SMILES string of the molecule is CCN(CCCNC1CCCN(C)CC1)S(C)(=O)=O. The lowest BCUT2D eigenvalue weighted by molar-refractivity contribution is 0.342. The predicted octanol–water partition coefficient (Wildman–Crippen LogP) is 0.732. The van der Waals surface area contributed by atoms with Crippen molar-refractivity contribution in [1.29, 1.82) is 0 Å². The fourth-order valence-corrected chi connectivity index (χ4v) is 3.49. The van der Waals surface area contributed by atoms with E-state index in [0.29, 0.717) is 19.1 Å². The molecule has 0 spiro atoms. The van der Waals surface area contributed by atoms with Crippen molar-refractivity contribution in [3.8, 4) is 0 Å². The maximum Gasteiger partial charge on any atom is 0.211 e. The predicted molar refractivity (Wildman–Crippen MR) is 79.8 cm³/mol. The molecule has 0 radical (unpaired) electrons. The molecular weight excluding hydrogens is 262 g/mol. The molecule has 1 N–H and O–H groups in total. The molecular formula is C13H29N3O2S. The van der Waals surface area contributed by atoms with Crippen LogP contribution in [0.15, 0.2) is 0 Å². The van der Waals surface area contributed by atoms with Crippen molar-refractivity contribution >= 4 is 10.0 Å². The van der Waals surface area contributed by atoms with Gasteiger partial charge in [0, 0.05) is 19.1 Å². The minimum absolute atomic E-state index is 0.563. The number of hydrogen-bond donors (Lipinski definition) is 1. The molecule has 0 aromatic heterocycles. The van der Waals surface area contributed by atoms with Gasteiger partial charge in [-0.15, -0.1) is 0 Å². The van der Waals surface area contributed by atoms with Gasteiger partial charge in [-0.1, -0.05) is 6.92 Å². The van der Waals surface area contributed by atoms with Crippen molar-refractivity contribution in [1.82, 2.24) is 14.5 Å². The summed E-state index contributed by atoms with van der Waals surface area (Å²) in [5.41, 5.74) is 0. The van der Waals surface area contributed by atoms with E-state index in [0.717, 1.165) is 19.5 Å². The molecule has 0 bridgehead atoms. The highest BCUT2D eigenvalue weighted by atomic mass is 32.2. The Balaban J connectivity index is 2.19.